The number of aromatic nitrogens is 5. The molecule has 2 aromatic carbocycles. The number of aryl methyl sites for hydroxylation is 1. The van der Waals surface area contributed by atoms with Crippen molar-refractivity contribution in [3.63, 3.8) is 0 Å². The fourth-order valence-corrected chi connectivity index (χ4v) is 8.10. The molecule has 6 heterocycles. The summed E-state index contributed by atoms with van der Waals surface area (Å²) in [5.74, 6) is 1.54. The van der Waals surface area contributed by atoms with E-state index in [1.807, 2.05) is 35.4 Å². The number of pyridine rings is 1. The number of nitrogens with zero attached hydrogens (tertiary/aromatic N) is 4. The normalized spacial score (nSPS) is 16.9. The molecule has 3 fully saturated rings. The van der Waals surface area contributed by atoms with Gasteiger partial charge in [-0.05, 0) is 101 Å². The van der Waals surface area contributed by atoms with Gasteiger partial charge in [0.2, 0.25) is 11.8 Å². The molecule has 0 radical (unpaired) electrons. The van der Waals surface area contributed by atoms with E-state index < -0.39 is 12.1 Å². The SMILES string of the molecule is C1CCOCC1.CNCC(=O)NCCCCc1ncc(-c2ccc3nc(-c4ccc5nc(C6CCCN6C(=O)C(NC(=O)OC)C6CCOCC6)[nH]c5c4)ccc3c2)[nH]1.COC=O. The number of aromatic amines is 2. The van der Waals surface area contributed by atoms with E-state index in [1.54, 1.807) is 7.05 Å². The zero-order valence-electron chi connectivity index (χ0n) is 36.6. The van der Waals surface area contributed by atoms with Gasteiger partial charge >= 0.3 is 6.09 Å². The number of rotatable bonds is 14. The van der Waals surface area contributed by atoms with Crippen molar-refractivity contribution >= 4 is 46.3 Å². The molecule has 8 rings (SSSR count). The molecule has 3 aliphatic rings. The number of amides is 3. The van der Waals surface area contributed by atoms with E-state index >= 15 is 0 Å². The van der Waals surface area contributed by atoms with Gasteiger partial charge in [0, 0.05) is 62.5 Å². The van der Waals surface area contributed by atoms with Gasteiger partial charge in [-0.1, -0.05) is 18.2 Å². The average Bonchev–Trinajstić information content (AvgIpc) is 4.12. The molecule has 63 heavy (non-hydrogen) atoms. The van der Waals surface area contributed by atoms with Crippen LogP contribution in [0.15, 0.2) is 54.7 Å². The van der Waals surface area contributed by atoms with Crippen LogP contribution in [0.4, 0.5) is 4.79 Å². The number of carbonyl (C=O) groups excluding carboxylic acids is 4. The summed E-state index contributed by atoms with van der Waals surface area (Å²) in [6.45, 7) is 5.08. The van der Waals surface area contributed by atoms with E-state index in [-0.39, 0.29) is 23.8 Å². The summed E-state index contributed by atoms with van der Waals surface area (Å²) in [5.41, 5.74) is 6.37. The lowest BCUT2D eigenvalue weighted by atomic mass is 9.90. The van der Waals surface area contributed by atoms with Crippen LogP contribution in [0.1, 0.15) is 75.5 Å². The van der Waals surface area contributed by atoms with E-state index in [1.165, 1.54) is 33.5 Å². The Kier molecular flexibility index (Phi) is 17.8. The minimum atomic E-state index is -0.680. The smallest absolute Gasteiger partial charge is 0.407 e. The Morgan fingerprint density at radius 2 is 1.65 bits per heavy atom. The number of unbranched alkanes of at least 4 members (excludes halogenated alkanes) is 1. The maximum atomic E-state index is 14.0. The van der Waals surface area contributed by atoms with E-state index in [0.717, 1.165) is 101 Å². The van der Waals surface area contributed by atoms with Crippen LogP contribution >= 0.6 is 0 Å². The van der Waals surface area contributed by atoms with Gasteiger partial charge in [0.15, 0.2) is 0 Å². The molecule has 3 saturated heterocycles. The molecule has 3 aliphatic heterocycles. The Labute approximate surface area is 367 Å². The highest BCUT2D eigenvalue weighted by Gasteiger charge is 2.40. The molecular formula is C46H61N9O8. The fraction of sp³-hybridized carbons (Fsp3) is 0.500. The Bertz CT molecular complexity index is 2240. The van der Waals surface area contributed by atoms with Crippen molar-refractivity contribution in [2.75, 3.05) is 67.3 Å². The molecule has 3 amide bonds. The van der Waals surface area contributed by atoms with Gasteiger partial charge in [0.25, 0.3) is 6.47 Å². The lowest BCUT2D eigenvalue weighted by Crippen LogP contribution is -2.53. The number of alkyl carbamates (subject to hydrolysis) is 1. The molecule has 0 aliphatic carbocycles. The number of ether oxygens (including phenoxy) is 4. The number of hydrogen-bond acceptors (Lipinski definition) is 12. The highest BCUT2D eigenvalue weighted by Crippen LogP contribution is 2.35. The van der Waals surface area contributed by atoms with Crippen LogP contribution in [-0.2, 0) is 39.8 Å². The number of H-pyrrole nitrogens is 2. The van der Waals surface area contributed by atoms with E-state index in [0.29, 0.717) is 52.2 Å². The third-order valence-electron chi connectivity index (χ3n) is 11.4. The molecular weight excluding hydrogens is 807 g/mol. The number of imidazole rings is 2. The third kappa shape index (κ3) is 13.1. The van der Waals surface area contributed by atoms with Crippen molar-refractivity contribution in [3.8, 4) is 22.5 Å². The molecule has 17 nitrogen and oxygen atoms in total. The highest BCUT2D eigenvalue weighted by atomic mass is 16.5. The first-order valence-corrected chi connectivity index (χ1v) is 21.9. The summed E-state index contributed by atoms with van der Waals surface area (Å²) in [5, 5.41) is 9.59. The number of likely N-dealkylation sites (N-methyl/N-ethyl adjacent to an activating group) is 1. The van der Waals surface area contributed by atoms with Gasteiger partial charge in [-0.25, -0.2) is 19.7 Å². The predicted octanol–water partition coefficient (Wildman–Crippen LogP) is 5.62. The largest absolute Gasteiger partial charge is 0.471 e. The van der Waals surface area contributed by atoms with Crippen molar-refractivity contribution in [2.45, 2.75) is 76.3 Å². The number of nitrogens with one attached hydrogen (secondary N) is 5. The second-order valence-electron chi connectivity index (χ2n) is 15.8. The minimum absolute atomic E-state index is 0.00814. The van der Waals surface area contributed by atoms with E-state index in [9.17, 15) is 14.4 Å². The maximum Gasteiger partial charge on any atom is 0.407 e. The predicted molar refractivity (Wildman–Crippen MR) is 239 cm³/mol. The lowest BCUT2D eigenvalue weighted by molar-refractivity contribution is -0.136. The monoisotopic (exact) mass is 867 g/mol. The summed E-state index contributed by atoms with van der Waals surface area (Å²) < 4.78 is 19.3. The number of hydrogen-bond donors (Lipinski definition) is 5. The van der Waals surface area contributed by atoms with Gasteiger partial charge in [0.05, 0.1) is 60.9 Å². The summed E-state index contributed by atoms with van der Waals surface area (Å²) in [4.78, 5) is 70.0. The standard InChI is InChI=1S/C39H47N9O5.C5H10O.C2H4O2/c1-40-23-35(49)41-16-4-3-7-34-42-22-32(44-34)26-9-12-28-25(20-26)8-11-29(43-28)27-10-13-30-31(21-27)46-37(45-30)33-6-5-17-48(33)38(50)36(47-39(51)52-2)24-14-18-53-19-15-24;1-2-4-6-5-3-1;1-4-2-3/h8-13,20-22,24,33,36,40H,3-7,14-19,23H2,1-2H3,(H,41,49)(H,42,44)(H,45,46)(H,47,51);1-5H2;2H,1H3. The Morgan fingerprint density at radius 3 is 2.37 bits per heavy atom. The van der Waals surface area contributed by atoms with Crippen LogP contribution in [-0.4, -0.2) is 128 Å². The van der Waals surface area contributed by atoms with Crippen LogP contribution in [0.5, 0.6) is 0 Å². The molecule has 17 heteroatoms. The first kappa shape index (κ1) is 46.6. The second-order valence-corrected chi connectivity index (χ2v) is 15.8. The van der Waals surface area contributed by atoms with Crippen LogP contribution in [0.3, 0.4) is 0 Å². The van der Waals surface area contributed by atoms with Crippen molar-refractivity contribution < 1.29 is 38.1 Å². The second kappa shape index (κ2) is 24.1. The van der Waals surface area contributed by atoms with Crippen LogP contribution < -0.4 is 16.0 Å². The van der Waals surface area contributed by atoms with E-state index in [4.69, 9.17) is 29.0 Å². The summed E-state index contributed by atoms with van der Waals surface area (Å²) in [6, 6.07) is 15.5. The topological polar surface area (TPSA) is 215 Å². The van der Waals surface area contributed by atoms with Crippen molar-refractivity contribution in [3.05, 3.63) is 66.4 Å². The van der Waals surface area contributed by atoms with Crippen molar-refractivity contribution in [2.24, 2.45) is 5.92 Å². The molecule has 5 aromatic rings. The number of fused-ring (bicyclic) bond motifs is 2. The molecule has 0 spiro atoms. The van der Waals surface area contributed by atoms with Crippen molar-refractivity contribution in [1.29, 1.82) is 0 Å². The molecule has 2 unspecified atom stereocenters. The third-order valence-corrected chi connectivity index (χ3v) is 11.4. The number of likely N-dealkylation sites (tertiary alicyclic amines) is 1. The quantitative estimate of drug-likeness (QED) is 0.0680. The summed E-state index contributed by atoms with van der Waals surface area (Å²) in [7, 11) is 4.38. The number of benzene rings is 2. The highest BCUT2D eigenvalue weighted by molar-refractivity contribution is 5.88. The van der Waals surface area contributed by atoms with Gasteiger partial charge in [-0.3, -0.25) is 14.4 Å². The zero-order valence-corrected chi connectivity index (χ0v) is 36.6. The lowest BCUT2D eigenvalue weighted by Gasteiger charge is -2.34. The molecule has 5 N–H and O–H groups in total. The first-order valence-electron chi connectivity index (χ1n) is 21.9. The number of methoxy groups -OCH3 is 2. The van der Waals surface area contributed by atoms with E-state index in [2.05, 4.69) is 59.9 Å². The van der Waals surface area contributed by atoms with Gasteiger partial charge in [0.1, 0.15) is 17.7 Å². The number of carbonyl (C=O) groups is 4. The minimum Gasteiger partial charge on any atom is -0.471 e. The average molecular weight is 868 g/mol. The fourth-order valence-electron chi connectivity index (χ4n) is 8.10. The van der Waals surface area contributed by atoms with Crippen LogP contribution in [0.25, 0.3) is 44.5 Å². The zero-order chi connectivity index (χ0) is 44.4. The summed E-state index contributed by atoms with van der Waals surface area (Å²) >= 11 is 0. The first-order chi connectivity index (χ1) is 30.8. The summed E-state index contributed by atoms with van der Waals surface area (Å²) in [6.07, 6.45) is 10.8. The maximum absolute atomic E-state index is 14.0. The van der Waals surface area contributed by atoms with Crippen LogP contribution in [0, 0.1) is 5.92 Å². The molecule has 0 saturated carbocycles. The molecule has 338 valence electrons. The van der Waals surface area contributed by atoms with Gasteiger partial charge in [-0.15, -0.1) is 0 Å². The Hall–Kier alpha value is -5.91. The van der Waals surface area contributed by atoms with Gasteiger partial charge in [-0.2, -0.15) is 0 Å². The Morgan fingerprint density at radius 1 is 0.889 bits per heavy atom. The molecule has 2 atom stereocenters. The molecule has 3 aromatic heterocycles. The van der Waals surface area contributed by atoms with Crippen LogP contribution in [0.2, 0.25) is 0 Å². The van der Waals surface area contributed by atoms with Crippen molar-refractivity contribution in [1.82, 2.24) is 45.8 Å². The van der Waals surface area contributed by atoms with Gasteiger partial charge < -0.3 is 49.8 Å². The Balaban J connectivity index is 0.000000588. The molecule has 0 bridgehead atoms.